The average Bonchev–Trinajstić information content (AvgIpc) is 2.75. The van der Waals surface area contributed by atoms with Crippen molar-refractivity contribution in [2.24, 2.45) is 0 Å². The van der Waals surface area contributed by atoms with Gasteiger partial charge < -0.3 is 19.6 Å². The van der Waals surface area contributed by atoms with Gasteiger partial charge in [-0.05, 0) is 54.1 Å². The van der Waals surface area contributed by atoms with Gasteiger partial charge in [-0.3, -0.25) is 0 Å². The minimum Gasteiger partial charge on any atom is -0.497 e. The van der Waals surface area contributed by atoms with Gasteiger partial charge in [-0.15, -0.1) is 0 Å². The third-order valence-corrected chi connectivity index (χ3v) is 4.06. The maximum atomic E-state index is 12.4. The highest BCUT2D eigenvalue weighted by Gasteiger charge is 2.13. The molecule has 2 N–H and O–H groups in total. The number of methoxy groups -OCH3 is 2. The van der Waals surface area contributed by atoms with Gasteiger partial charge in [-0.25, -0.2) is 10.2 Å². The number of carbonyl (C=O) groups excluding carboxylic acids is 1. The number of rotatable bonds is 8. The lowest BCUT2D eigenvalue weighted by atomic mass is 10.2. The summed E-state index contributed by atoms with van der Waals surface area (Å²) in [6.45, 7) is 0.567. The zero-order valence-corrected chi connectivity index (χ0v) is 15.8. The molecule has 0 bridgehead atoms. The molecular formula is C22H22N2O4. The van der Waals surface area contributed by atoms with E-state index in [9.17, 15) is 4.79 Å². The van der Waals surface area contributed by atoms with Gasteiger partial charge in [0.25, 0.3) is 0 Å². The van der Waals surface area contributed by atoms with Crippen LogP contribution in [-0.4, -0.2) is 20.2 Å². The zero-order chi connectivity index (χ0) is 19.8. The van der Waals surface area contributed by atoms with Crippen molar-refractivity contribution in [1.82, 2.24) is 5.43 Å². The number of anilines is 1. The maximum Gasteiger partial charge on any atom is 0.343 e. The molecule has 3 aromatic rings. The van der Waals surface area contributed by atoms with E-state index >= 15 is 0 Å². The highest BCUT2D eigenvalue weighted by Crippen LogP contribution is 2.29. The Kier molecular flexibility index (Phi) is 6.49. The second kappa shape index (κ2) is 9.43. The Hall–Kier alpha value is -3.51. The van der Waals surface area contributed by atoms with Crippen LogP contribution in [0.5, 0.6) is 17.2 Å². The van der Waals surface area contributed by atoms with E-state index in [4.69, 9.17) is 14.2 Å². The van der Waals surface area contributed by atoms with Crippen LogP contribution in [0.1, 0.15) is 15.9 Å². The van der Waals surface area contributed by atoms with E-state index in [1.807, 2.05) is 42.5 Å². The zero-order valence-electron chi connectivity index (χ0n) is 15.8. The lowest BCUT2D eigenvalue weighted by Crippen LogP contribution is -2.20. The summed E-state index contributed by atoms with van der Waals surface area (Å²) in [5.41, 5.74) is 8.64. The standard InChI is InChI=1S/C22H22N2O4/c1-26-19-11-9-17(10-12-19)22(25)28-20-13-8-16(14-21(20)27-2)15-23-24-18-6-4-3-5-7-18/h3-14,23-24H,15H2,1-2H3. The molecule has 0 saturated heterocycles. The third-order valence-electron chi connectivity index (χ3n) is 4.06. The lowest BCUT2D eigenvalue weighted by Gasteiger charge is -2.12. The van der Waals surface area contributed by atoms with E-state index in [1.54, 1.807) is 44.6 Å². The first-order valence-electron chi connectivity index (χ1n) is 8.76. The first-order valence-corrected chi connectivity index (χ1v) is 8.76. The van der Waals surface area contributed by atoms with Crippen molar-refractivity contribution in [3.63, 3.8) is 0 Å². The van der Waals surface area contributed by atoms with Crippen LogP contribution >= 0.6 is 0 Å². The molecule has 0 radical (unpaired) electrons. The molecule has 0 amide bonds. The number of benzene rings is 3. The molecule has 28 heavy (non-hydrogen) atoms. The number of hydrazine groups is 1. The number of hydrogen-bond acceptors (Lipinski definition) is 6. The Morgan fingerprint density at radius 2 is 1.61 bits per heavy atom. The SMILES string of the molecule is COc1ccc(C(=O)Oc2ccc(CNNc3ccccc3)cc2OC)cc1. The molecule has 6 heteroatoms. The molecule has 0 aromatic heterocycles. The Balaban J connectivity index is 1.62. The average molecular weight is 378 g/mol. The second-order valence-corrected chi connectivity index (χ2v) is 5.95. The van der Waals surface area contributed by atoms with Crippen LogP contribution in [0.2, 0.25) is 0 Å². The minimum absolute atomic E-state index is 0.364. The maximum absolute atomic E-state index is 12.4. The summed E-state index contributed by atoms with van der Waals surface area (Å²) in [4.78, 5) is 12.4. The van der Waals surface area contributed by atoms with Gasteiger partial charge in [0, 0.05) is 12.2 Å². The Bertz CT molecular complexity index is 912. The van der Waals surface area contributed by atoms with Gasteiger partial charge >= 0.3 is 5.97 Å². The number of ether oxygens (including phenoxy) is 3. The quantitative estimate of drug-likeness (QED) is 0.350. The molecule has 0 aliphatic rings. The van der Waals surface area contributed by atoms with Gasteiger partial charge in [0.1, 0.15) is 5.75 Å². The first-order chi connectivity index (χ1) is 13.7. The number of esters is 1. The number of hydrogen-bond donors (Lipinski definition) is 2. The Labute approximate surface area is 164 Å². The van der Waals surface area contributed by atoms with Crippen molar-refractivity contribution >= 4 is 11.7 Å². The predicted octanol–water partition coefficient (Wildman–Crippen LogP) is 4.04. The van der Waals surface area contributed by atoms with Gasteiger partial charge in [0.15, 0.2) is 11.5 Å². The molecule has 0 fully saturated rings. The lowest BCUT2D eigenvalue weighted by molar-refractivity contribution is 0.0729. The fraction of sp³-hybridized carbons (Fsp3) is 0.136. The molecule has 3 rings (SSSR count). The first kappa shape index (κ1) is 19.3. The summed E-state index contributed by atoms with van der Waals surface area (Å²) in [5.74, 6) is 1.07. The number of para-hydroxylation sites is 1. The highest BCUT2D eigenvalue weighted by atomic mass is 16.6. The van der Waals surface area contributed by atoms with Crippen molar-refractivity contribution in [3.8, 4) is 17.2 Å². The normalized spacial score (nSPS) is 10.2. The van der Waals surface area contributed by atoms with Crippen molar-refractivity contribution < 1.29 is 19.0 Å². The second-order valence-electron chi connectivity index (χ2n) is 5.95. The summed E-state index contributed by atoms with van der Waals surface area (Å²) in [5, 5.41) is 0. The predicted molar refractivity (Wildman–Crippen MR) is 108 cm³/mol. The monoisotopic (exact) mass is 378 g/mol. The molecule has 144 valence electrons. The van der Waals surface area contributed by atoms with Gasteiger partial charge in [0.2, 0.25) is 0 Å². The van der Waals surface area contributed by atoms with Crippen molar-refractivity contribution in [1.29, 1.82) is 0 Å². The fourth-order valence-corrected chi connectivity index (χ4v) is 2.56. The van der Waals surface area contributed by atoms with E-state index in [-0.39, 0.29) is 0 Å². The molecule has 0 spiro atoms. The largest absolute Gasteiger partial charge is 0.497 e. The van der Waals surface area contributed by atoms with Crippen LogP contribution in [0.4, 0.5) is 5.69 Å². The number of carbonyl (C=O) groups is 1. The van der Waals surface area contributed by atoms with Gasteiger partial charge in [0.05, 0.1) is 19.8 Å². The topological polar surface area (TPSA) is 68.8 Å². The van der Waals surface area contributed by atoms with E-state index in [0.29, 0.717) is 29.4 Å². The van der Waals surface area contributed by atoms with E-state index in [0.717, 1.165) is 11.3 Å². The van der Waals surface area contributed by atoms with Crippen LogP contribution in [-0.2, 0) is 6.54 Å². The summed E-state index contributed by atoms with van der Waals surface area (Å²) in [6.07, 6.45) is 0. The molecule has 0 atom stereocenters. The van der Waals surface area contributed by atoms with Crippen molar-refractivity contribution in [2.45, 2.75) is 6.54 Å². The molecule has 0 aliphatic carbocycles. The van der Waals surface area contributed by atoms with Crippen LogP contribution in [0.3, 0.4) is 0 Å². The van der Waals surface area contributed by atoms with Crippen molar-refractivity contribution in [3.05, 3.63) is 83.9 Å². The fourth-order valence-electron chi connectivity index (χ4n) is 2.56. The van der Waals surface area contributed by atoms with Gasteiger partial charge in [-0.2, -0.15) is 0 Å². The Morgan fingerprint density at radius 3 is 2.29 bits per heavy atom. The molecule has 0 aliphatic heterocycles. The van der Waals surface area contributed by atoms with E-state index in [2.05, 4.69) is 10.9 Å². The van der Waals surface area contributed by atoms with E-state index in [1.165, 1.54) is 0 Å². The summed E-state index contributed by atoms with van der Waals surface area (Å²) < 4.78 is 16.0. The van der Waals surface area contributed by atoms with Crippen LogP contribution in [0.15, 0.2) is 72.8 Å². The summed E-state index contributed by atoms with van der Waals surface area (Å²) in [6, 6.07) is 22.0. The highest BCUT2D eigenvalue weighted by molar-refractivity contribution is 5.91. The molecule has 0 unspecified atom stereocenters. The van der Waals surface area contributed by atoms with Crippen molar-refractivity contribution in [2.75, 3.05) is 19.6 Å². The molecule has 0 saturated carbocycles. The minimum atomic E-state index is -0.461. The van der Waals surface area contributed by atoms with Crippen LogP contribution in [0.25, 0.3) is 0 Å². The van der Waals surface area contributed by atoms with E-state index < -0.39 is 5.97 Å². The summed E-state index contributed by atoms with van der Waals surface area (Å²) in [7, 11) is 3.11. The van der Waals surface area contributed by atoms with Crippen LogP contribution < -0.4 is 25.1 Å². The molecule has 0 heterocycles. The van der Waals surface area contributed by atoms with Gasteiger partial charge in [-0.1, -0.05) is 24.3 Å². The Morgan fingerprint density at radius 1 is 0.857 bits per heavy atom. The smallest absolute Gasteiger partial charge is 0.343 e. The summed E-state index contributed by atoms with van der Waals surface area (Å²) >= 11 is 0. The molecule has 3 aromatic carbocycles. The van der Waals surface area contributed by atoms with Crippen LogP contribution in [0, 0.1) is 0 Å². The molecule has 6 nitrogen and oxygen atoms in total. The molecular weight excluding hydrogens is 356 g/mol. The number of nitrogens with one attached hydrogen (secondary N) is 2. The third kappa shape index (κ3) is 5.02.